The number of nitrogens with zero attached hydrogens (tertiary/aromatic N) is 1. The maximum atomic E-state index is 13.2. The highest BCUT2D eigenvalue weighted by molar-refractivity contribution is 7.17. The van der Waals surface area contributed by atoms with E-state index in [0.29, 0.717) is 30.3 Å². The lowest BCUT2D eigenvalue weighted by Gasteiger charge is -2.30. The Labute approximate surface area is 169 Å². The highest BCUT2D eigenvalue weighted by Crippen LogP contribution is 2.37. The molecule has 2 N–H and O–H groups in total. The molecule has 1 aromatic heterocycles. The summed E-state index contributed by atoms with van der Waals surface area (Å²) in [5.41, 5.74) is 8.17. The van der Waals surface area contributed by atoms with Crippen LogP contribution < -0.4 is 10.5 Å². The van der Waals surface area contributed by atoms with Crippen LogP contribution in [-0.2, 0) is 6.61 Å². The predicted octanol–water partition coefficient (Wildman–Crippen LogP) is 4.56. The Kier molecular flexibility index (Phi) is 5.74. The molecule has 2 heterocycles. The Morgan fingerprint density at radius 2 is 1.68 bits per heavy atom. The van der Waals surface area contributed by atoms with E-state index in [4.69, 9.17) is 10.5 Å². The quantitative estimate of drug-likeness (QED) is 0.693. The minimum Gasteiger partial charge on any atom is -0.487 e. The number of benzene rings is 2. The van der Waals surface area contributed by atoms with E-state index in [1.165, 1.54) is 11.3 Å². The molecule has 1 saturated heterocycles. The van der Waals surface area contributed by atoms with E-state index >= 15 is 0 Å². The van der Waals surface area contributed by atoms with Gasteiger partial charge >= 0.3 is 0 Å². The van der Waals surface area contributed by atoms with E-state index in [9.17, 15) is 4.79 Å². The van der Waals surface area contributed by atoms with Crippen molar-refractivity contribution in [1.29, 1.82) is 0 Å². The first-order valence-corrected chi connectivity index (χ1v) is 10.4. The molecule has 1 aliphatic heterocycles. The maximum absolute atomic E-state index is 13.2. The molecule has 0 unspecified atom stereocenters. The summed E-state index contributed by atoms with van der Waals surface area (Å²) in [6.45, 7) is 1.85. The first-order valence-electron chi connectivity index (χ1n) is 9.61. The van der Waals surface area contributed by atoms with Crippen molar-refractivity contribution in [2.24, 2.45) is 5.73 Å². The van der Waals surface area contributed by atoms with Gasteiger partial charge in [0.25, 0.3) is 5.91 Å². The van der Waals surface area contributed by atoms with Crippen molar-refractivity contribution in [2.75, 3.05) is 13.1 Å². The Balaban J connectivity index is 1.60. The van der Waals surface area contributed by atoms with Crippen molar-refractivity contribution < 1.29 is 9.53 Å². The number of nitrogens with two attached hydrogens (primary N) is 1. The summed E-state index contributed by atoms with van der Waals surface area (Å²) in [7, 11) is 0. The van der Waals surface area contributed by atoms with Crippen LogP contribution in [0.15, 0.2) is 66.7 Å². The molecule has 4 nitrogen and oxygen atoms in total. The molecule has 0 bridgehead atoms. The average molecular weight is 393 g/mol. The zero-order chi connectivity index (χ0) is 19.3. The van der Waals surface area contributed by atoms with E-state index in [0.717, 1.165) is 28.8 Å². The molecule has 4 rings (SSSR count). The monoisotopic (exact) mass is 392 g/mol. The number of carbonyl (C=O) groups excluding carboxylic acids is 1. The van der Waals surface area contributed by atoms with Crippen molar-refractivity contribution in [1.82, 2.24) is 4.90 Å². The number of ether oxygens (including phenoxy) is 1. The summed E-state index contributed by atoms with van der Waals surface area (Å²) in [5.74, 6) is 0.703. The minimum atomic E-state index is 0.0437. The topological polar surface area (TPSA) is 55.6 Å². The molecule has 0 aliphatic carbocycles. The normalized spacial score (nSPS) is 14.8. The van der Waals surface area contributed by atoms with Gasteiger partial charge in [-0.3, -0.25) is 4.79 Å². The summed E-state index contributed by atoms with van der Waals surface area (Å²) < 4.78 is 6.10. The molecule has 144 valence electrons. The minimum absolute atomic E-state index is 0.0437. The van der Waals surface area contributed by atoms with Gasteiger partial charge in [-0.25, -0.2) is 0 Å². The lowest BCUT2D eigenvalue weighted by Crippen LogP contribution is -2.42. The number of thiophene rings is 1. The van der Waals surface area contributed by atoms with Crippen LogP contribution in [0.2, 0.25) is 0 Å². The van der Waals surface area contributed by atoms with Gasteiger partial charge in [0, 0.05) is 24.0 Å². The first kappa shape index (κ1) is 18.7. The van der Waals surface area contributed by atoms with Crippen LogP contribution in [0.3, 0.4) is 0 Å². The third-order valence-corrected chi connectivity index (χ3v) is 6.17. The van der Waals surface area contributed by atoms with Gasteiger partial charge in [-0.2, -0.15) is 0 Å². The smallest absolute Gasteiger partial charge is 0.267 e. The summed E-state index contributed by atoms with van der Waals surface area (Å²) >= 11 is 1.50. The Bertz CT molecular complexity index is 916. The second-order valence-electron chi connectivity index (χ2n) is 7.07. The number of carbonyl (C=O) groups is 1. The fourth-order valence-electron chi connectivity index (χ4n) is 3.36. The highest BCUT2D eigenvalue weighted by atomic mass is 32.1. The van der Waals surface area contributed by atoms with Gasteiger partial charge in [-0.15, -0.1) is 11.3 Å². The molecule has 0 saturated carbocycles. The van der Waals surface area contributed by atoms with E-state index in [-0.39, 0.29) is 11.9 Å². The fraction of sp³-hybridized carbons (Fsp3) is 0.261. The molecular weight excluding hydrogens is 368 g/mol. The predicted molar refractivity (Wildman–Crippen MR) is 114 cm³/mol. The van der Waals surface area contributed by atoms with Crippen molar-refractivity contribution in [3.63, 3.8) is 0 Å². The summed E-state index contributed by atoms with van der Waals surface area (Å²) in [5, 5.41) is 0. The van der Waals surface area contributed by atoms with Crippen molar-refractivity contribution in [3.05, 3.63) is 77.2 Å². The van der Waals surface area contributed by atoms with E-state index in [2.05, 4.69) is 12.1 Å². The molecule has 5 heteroatoms. The largest absolute Gasteiger partial charge is 0.487 e. The maximum Gasteiger partial charge on any atom is 0.267 e. The number of likely N-dealkylation sites (tertiary alicyclic amines) is 1. The molecule has 28 heavy (non-hydrogen) atoms. The van der Waals surface area contributed by atoms with Crippen molar-refractivity contribution >= 4 is 17.2 Å². The zero-order valence-electron chi connectivity index (χ0n) is 15.7. The number of rotatable bonds is 5. The molecule has 3 aromatic rings. The van der Waals surface area contributed by atoms with Crippen molar-refractivity contribution in [2.45, 2.75) is 25.5 Å². The van der Waals surface area contributed by atoms with Crippen LogP contribution in [0.1, 0.15) is 28.1 Å². The fourth-order valence-corrected chi connectivity index (χ4v) is 4.43. The standard InChI is InChI=1S/C23H24N2O2S/c24-19-11-13-25(14-12-19)23(26)22-20(27-16-17-7-3-1-4-8-17)15-21(28-22)18-9-5-2-6-10-18/h1-10,15,19H,11-14,16,24H2. The van der Waals surface area contributed by atoms with Crippen LogP contribution in [0, 0.1) is 0 Å². The summed E-state index contributed by atoms with van der Waals surface area (Å²) in [6, 6.07) is 22.3. The number of amides is 1. The Morgan fingerprint density at radius 1 is 1.04 bits per heavy atom. The number of hydrogen-bond acceptors (Lipinski definition) is 4. The molecule has 0 spiro atoms. The van der Waals surface area contributed by atoms with Gasteiger partial charge in [-0.1, -0.05) is 60.7 Å². The van der Waals surface area contributed by atoms with Crippen LogP contribution >= 0.6 is 11.3 Å². The van der Waals surface area contributed by atoms with Gasteiger partial charge in [-0.05, 0) is 30.0 Å². The third-order valence-electron chi connectivity index (χ3n) is 5.01. The SMILES string of the molecule is NC1CCN(C(=O)c2sc(-c3ccccc3)cc2OCc2ccccc2)CC1. The number of hydrogen-bond donors (Lipinski definition) is 1. The average Bonchev–Trinajstić information content (AvgIpc) is 3.18. The molecule has 1 fully saturated rings. The highest BCUT2D eigenvalue weighted by Gasteiger charge is 2.26. The number of piperidine rings is 1. The second kappa shape index (κ2) is 8.59. The Morgan fingerprint density at radius 3 is 2.36 bits per heavy atom. The van der Waals surface area contributed by atoms with E-state index < -0.39 is 0 Å². The molecule has 1 amide bonds. The van der Waals surface area contributed by atoms with Crippen LogP contribution in [0.25, 0.3) is 10.4 Å². The molecule has 2 aromatic carbocycles. The molecular formula is C23H24N2O2S. The van der Waals surface area contributed by atoms with Gasteiger partial charge in [0.05, 0.1) is 0 Å². The third kappa shape index (κ3) is 4.26. The summed E-state index contributed by atoms with van der Waals surface area (Å²) in [6.07, 6.45) is 1.70. The van der Waals surface area contributed by atoms with E-state index in [1.54, 1.807) is 0 Å². The van der Waals surface area contributed by atoms with Gasteiger partial charge in [0.15, 0.2) is 0 Å². The Hall–Kier alpha value is -2.63. The van der Waals surface area contributed by atoms with Gasteiger partial charge in [0.2, 0.25) is 0 Å². The van der Waals surface area contributed by atoms with Gasteiger partial charge < -0.3 is 15.4 Å². The molecule has 0 atom stereocenters. The van der Waals surface area contributed by atoms with E-state index in [1.807, 2.05) is 59.5 Å². The van der Waals surface area contributed by atoms with Crippen LogP contribution in [0.5, 0.6) is 5.75 Å². The van der Waals surface area contributed by atoms with Crippen molar-refractivity contribution in [3.8, 4) is 16.2 Å². The lowest BCUT2D eigenvalue weighted by atomic mass is 10.1. The zero-order valence-corrected chi connectivity index (χ0v) is 16.5. The molecule has 1 aliphatic rings. The molecule has 0 radical (unpaired) electrons. The summed E-state index contributed by atoms with van der Waals surface area (Å²) in [4.78, 5) is 16.8. The van der Waals surface area contributed by atoms with Crippen LogP contribution in [-0.4, -0.2) is 29.9 Å². The second-order valence-corrected chi connectivity index (χ2v) is 8.13. The van der Waals surface area contributed by atoms with Gasteiger partial charge in [0.1, 0.15) is 17.2 Å². The lowest BCUT2D eigenvalue weighted by molar-refractivity contribution is 0.0715. The van der Waals surface area contributed by atoms with Crippen LogP contribution in [0.4, 0.5) is 0 Å². The first-order chi connectivity index (χ1) is 13.7.